The summed E-state index contributed by atoms with van der Waals surface area (Å²) in [5.41, 5.74) is 6.64. The van der Waals surface area contributed by atoms with Crippen molar-refractivity contribution in [3.63, 3.8) is 0 Å². The van der Waals surface area contributed by atoms with Crippen LogP contribution in [0.25, 0.3) is 0 Å². The first-order chi connectivity index (χ1) is 13.5. The molecule has 11 heteroatoms. The molecule has 0 heterocycles. The third-order valence-corrected chi connectivity index (χ3v) is 4.98. The van der Waals surface area contributed by atoms with E-state index in [1.807, 2.05) is 0 Å². The lowest BCUT2D eigenvalue weighted by atomic mass is 10.2. The summed E-state index contributed by atoms with van der Waals surface area (Å²) in [6.45, 7) is -1.19. The zero-order chi connectivity index (χ0) is 21.7. The van der Waals surface area contributed by atoms with Crippen molar-refractivity contribution in [1.29, 1.82) is 0 Å². The van der Waals surface area contributed by atoms with E-state index in [4.69, 9.17) is 10.5 Å². The Bertz CT molecular complexity index is 798. The molecule has 0 bridgehead atoms. The van der Waals surface area contributed by atoms with Gasteiger partial charge in [0.25, 0.3) is 0 Å². The molecule has 0 aromatic heterocycles. The summed E-state index contributed by atoms with van der Waals surface area (Å²) in [5.74, 6) is 0.289. The second-order valence-corrected chi connectivity index (χ2v) is 7.17. The van der Waals surface area contributed by atoms with Crippen LogP contribution in [0.4, 0.5) is 10.1 Å². The highest BCUT2D eigenvalue weighted by atomic mass is 32.2. The summed E-state index contributed by atoms with van der Waals surface area (Å²) in [5, 5.41) is 56.4. The molecule has 0 aliphatic heterocycles. The van der Waals surface area contributed by atoms with E-state index >= 15 is 0 Å². The maximum absolute atomic E-state index is 12.3. The summed E-state index contributed by atoms with van der Waals surface area (Å²) in [6.07, 6.45) is -7.34. The average Bonchev–Trinajstić information content (AvgIpc) is 2.61. The van der Waals surface area contributed by atoms with Crippen molar-refractivity contribution in [1.82, 2.24) is 4.90 Å². The maximum Gasteiger partial charge on any atom is 0.352 e. The van der Waals surface area contributed by atoms with Crippen molar-refractivity contribution in [2.45, 2.75) is 35.0 Å². The zero-order valence-corrected chi connectivity index (χ0v) is 16.1. The molecule has 2 rings (SSSR count). The van der Waals surface area contributed by atoms with Gasteiger partial charge in [-0.1, -0.05) is 23.9 Å². The van der Waals surface area contributed by atoms with E-state index in [0.717, 1.165) is 0 Å². The number of rotatable bonds is 10. The van der Waals surface area contributed by atoms with Crippen molar-refractivity contribution < 1.29 is 39.8 Å². The first-order valence-electron chi connectivity index (χ1n) is 8.48. The Labute approximate surface area is 170 Å². The fourth-order valence-corrected chi connectivity index (χ4v) is 3.35. The van der Waals surface area contributed by atoms with Gasteiger partial charge in [0.15, 0.2) is 0 Å². The number of hydrogen-bond acceptors (Lipinski definition) is 10. The Morgan fingerprint density at radius 1 is 0.966 bits per heavy atom. The highest BCUT2D eigenvalue weighted by Gasteiger charge is 2.44. The number of hydrogen-bond donors (Lipinski definition) is 7. The minimum Gasteiger partial charge on any atom is -0.493 e. The molecular weight excluding hydrogens is 407 g/mol. The molecule has 0 aliphatic carbocycles. The number of para-hydroxylation sites is 1. The van der Waals surface area contributed by atoms with E-state index in [2.05, 4.69) is 0 Å². The number of ether oxygens (including phenoxy) is 1. The summed E-state index contributed by atoms with van der Waals surface area (Å²) < 4.78 is 17.7. The molecule has 9 nitrogen and oxygen atoms in total. The summed E-state index contributed by atoms with van der Waals surface area (Å²) in [7, 11) is 0. The quantitative estimate of drug-likeness (QED) is 0.157. The van der Waals surface area contributed by atoms with Crippen molar-refractivity contribution in [2.75, 3.05) is 19.0 Å². The van der Waals surface area contributed by atoms with Crippen molar-refractivity contribution in [2.24, 2.45) is 0 Å². The monoisotopic (exact) mass is 430 g/mol. The van der Waals surface area contributed by atoms with Crippen LogP contribution in [0, 0.1) is 0 Å². The molecule has 2 aromatic carbocycles. The van der Waals surface area contributed by atoms with Gasteiger partial charge < -0.3 is 41.1 Å². The Hall–Kier alpha value is -1.96. The Morgan fingerprint density at radius 2 is 1.62 bits per heavy atom. The molecule has 0 amide bonds. The van der Waals surface area contributed by atoms with Crippen LogP contribution in [0.15, 0.2) is 52.3 Å². The number of halogens is 1. The van der Waals surface area contributed by atoms with E-state index in [9.17, 15) is 35.0 Å². The number of nitrogens with zero attached hydrogens (tertiary/aromatic N) is 1. The molecule has 160 valence electrons. The molecule has 0 spiro atoms. The molecule has 0 radical (unpaired) electrons. The molecule has 0 atom stereocenters. The fraction of sp³-hybridized carbons (Fsp3) is 0.333. The number of nitrogen functional groups attached to an aromatic ring is 1. The van der Waals surface area contributed by atoms with Crippen LogP contribution in [-0.2, 0) is 6.54 Å². The summed E-state index contributed by atoms with van der Waals surface area (Å²) >= 11 is 1.18. The van der Waals surface area contributed by atoms with Crippen LogP contribution in [0.2, 0.25) is 0 Å². The Kier molecular flexibility index (Phi) is 7.80. The average molecular weight is 430 g/mol. The number of aliphatic hydroxyl groups is 6. The van der Waals surface area contributed by atoms with Crippen LogP contribution in [0.1, 0.15) is 12.0 Å². The van der Waals surface area contributed by atoms with Crippen LogP contribution in [0.5, 0.6) is 5.75 Å². The van der Waals surface area contributed by atoms with E-state index < -0.39 is 25.4 Å². The first-order valence-corrected chi connectivity index (χ1v) is 9.30. The smallest absolute Gasteiger partial charge is 0.352 e. The number of anilines is 1. The zero-order valence-electron chi connectivity index (χ0n) is 15.3. The normalized spacial score (nSPS) is 12.4. The van der Waals surface area contributed by atoms with E-state index in [1.165, 1.54) is 17.8 Å². The first kappa shape index (κ1) is 23.3. The van der Waals surface area contributed by atoms with Crippen molar-refractivity contribution in [3.8, 4) is 5.75 Å². The van der Waals surface area contributed by atoms with Gasteiger partial charge in [0.2, 0.25) is 0 Å². The topological polar surface area (TPSA) is 160 Å². The molecular formula is C18H23FN2O7S. The van der Waals surface area contributed by atoms with Crippen LogP contribution in [-0.4, -0.2) is 61.0 Å². The SMILES string of the molecule is Nc1ccccc1Sc1ccc(OCCCF)cc1CN(C(O)(O)O)C(O)(O)O. The summed E-state index contributed by atoms with van der Waals surface area (Å²) in [6, 6.07) is 11.5. The third kappa shape index (κ3) is 6.80. The third-order valence-electron chi connectivity index (χ3n) is 3.77. The molecule has 0 fully saturated rings. The van der Waals surface area contributed by atoms with Gasteiger partial charge in [-0.05, 0) is 35.9 Å². The molecule has 29 heavy (non-hydrogen) atoms. The van der Waals surface area contributed by atoms with Gasteiger partial charge in [-0.2, -0.15) is 0 Å². The van der Waals surface area contributed by atoms with Gasteiger partial charge in [-0.3, -0.25) is 4.39 Å². The van der Waals surface area contributed by atoms with Gasteiger partial charge >= 0.3 is 12.2 Å². The van der Waals surface area contributed by atoms with Gasteiger partial charge in [0.05, 0.1) is 13.3 Å². The lowest BCUT2D eigenvalue weighted by Gasteiger charge is -2.35. The Morgan fingerprint density at radius 3 is 2.21 bits per heavy atom. The minimum atomic E-state index is -3.75. The highest BCUT2D eigenvalue weighted by molar-refractivity contribution is 7.99. The standard InChI is InChI=1S/C18H23FN2O7S/c19-8-3-9-28-13-6-7-15(29-16-5-2-1-4-14(16)20)12(10-13)11-21(17(22,23)24)18(25,26)27/h1-2,4-7,10,22-27H,3,8-9,11,20H2. The lowest BCUT2D eigenvalue weighted by molar-refractivity contribution is -0.513. The number of benzene rings is 2. The van der Waals surface area contributed by atoms with Gasteiger partial charge in [0, 0.05) is 28.4 Å². The highest BCUT2D eigenvalue weighted by Crippen LogP contribution is 2.37. The summed E-state index contributed by atoms with van der Waals surface area (Å²) in [4.78, 5) is 0.969. The van der Waals surface area contributed by atoms with Crippen LogP contribution in [0.3, 0.4) is 0 Å². The Balaban J connectivity index is 2.40. The second-order valence-electron chi connectivity index (χ2n) is 6.09. The molecule has 8 N–H and O–H groups in total. The predicted octanol–water partition coefficient (Wildman–Crippen LogP) is 0.137. The fourth-order valence-electron chi connectivity index (χ4n) is 2.39. The van der Waals surface area contributed by atoms with E-state index in [0.29, 0.717) is 15.5 Å². The minimum absolute atomic E-state index is 0.0889. The second kappa shape index (κ2) is 9.69. The largest absolute Gasteiger partial charge is 0.493 e. The number of nitrogens with two attached hydrogens (primary N) is 1. The molecule has 0 saturated heterocycles. The molecule has 2 aromatic rings. The van der Waals surface area contributed by atoms with Crippen LogP contribution < -0.4 is 10.5 Å². The molecule has 0 saturated carbocycles. The molecule has 0 unspecified atom stereocenters. The van der Waals surface area contributed by atoms with Gasteiger partial charge in [0.1, 0.15) is 5.75 Å². The van der Waals surface area contributed by atoms with Gasteiger partial charge in [-0.15, -0.1) is 4.90 Å². The maximum atomic E-state index is 12.3. The van der Waals surface area contributed by atoms with E-state index in [1.54, 1.807) is 36.4 Å². The number of alkyl halides is 1. The van der Waals surface area contributed by atoms with Crippen molar-refractivity contribution in [3.05, 3.63) is 48.0 Å². The van der Waals surface area contributed by atoms with E-state index in [-0.39, 0.29) is 29.2 Å². The van der Waals surface area contributed by atoms with Crippen LogP contribution >= 0.6 is 11.8 Å². The molecule has 0 aliphatic rings. The van der Waals surface area contributed by atoms with Crippen molar-refractivity contribution >= 4 is 17.4 Å². The predicted molar refractivity (Wildman–Crippen MR) is 102 cm³/mol. The van der Waals surface area contributed by atoms with Gasteiger partial charge in [-0.25, -0.2) is 0 Å². The lowest BCUT2D eigenvalue weighted by Crippen LogP contribution is -2.60.